The van der Waals surface area contributed by atoms with Crippen molar-refractivity contribution in [2.75, 3.05) is 7.11 Å². The Bertz CT molecular complexity index is 598. The summed E-state index contributed by atoms with van der Waals surface area (Å²) in [5.74, 6) is -0.608. The molecule has 0 bridgehead atoms. The summed E-state index contributed by atoms with van der Waals surface area (Å²) in [7, 11) is 1.27. The molecule has 0 fully saturated rings. The molecule has 0 aliphatic heterocycles. The molecule has 1 unspecified atom stereocenters. The standard InChI is InChI=1S/C15H12ClNO2/c1-19-14(18)15(16)9-12(7-8-13(15)10-17)11-5-3-2-4-6-11/h2-8H,9H2,1H3. The second-order valence-corrected chi connectivity index (χ2v) is 4.86. The summed E-state index contributed by atoms with van der Waals surface area (Å²) in [4.78, 5) is 10.4. The van der Waals surface area contributed by atoms with Crippen molar-refractivity contribution >= 4 is 23.1 Å². The zero-order valence-corrected chi connectivity index (χ0v) is 11.1. The van der Waals surface area contributed by atoms with Gasteiger partial charge in [-0.1, -0.05) is 36.4 Å². The van der Waals surface area contributed by atoms with Gasteiger partial charge in [0, 0.05) is 6.42 Å². The van der Waals surface area contributed by atoms with Crippen LogP contribution in [-0.2, 0) is 9.53 Å². The molecule has 0 N–H and O–H groups in total. The van der Waals surface area contributed by atoms with Gasteiger partial charge < -0.3 is 4.74 Å². The molecule has 3 nitrogen and oxygen atoms in total. The average Bonchev–Trinajstić information content (AvgIpc) is 2.47. The fourth-order valence-corrected chi connectivity index (χ4v) is 2.38. The summed E-state index contributed by atoms with van der Waals surface area (Å²) in [6, 6.07) is 11.6. The molecule has 19 heavy (non-hydrogen) atoms. The summed E-state index contributed by atoms with van der Waals surface area (Å²) in [6.45, 7) is 0. The van der Waals surface area contributed by atoms with Crippen LogP contribution in [0, 0.1) is 11.3 Å². The maximum atomic E-state index is 11.9. The summed E-state index contributed by atoms with van der Waals surface area (Å²) < 4.78 is 4.72. The van der Waals surface area contributed by atoms with E-state index in [-0.39, 0.29) is 12.0 Å². The number of esters is 1. The zero-order chi connectivity index (χ0) is 13.9. The second-order valence-electron chi connectivity index (χ2n) is 4.22. The largest absolute Gasteiger partial charge is 0.467 e. The number of halogens is 1. The molecule has 1 atom stereocenters. The number of allylic oxidation sites excluding steroid dienone is 3. The first-order valence-electron chi connectivity index (χ1n) is 5.76. The van der Waals surface area contributed by atoms with Crippen LogP contribution in [0.1, 0.15) is 12.0 Å². The molecule has 0 saturated heterocycles. The third kappa shape index (κ3) is 2.40. The van der Waals surface area contributed by atoms with E-state index in [0.29, 0.717) is 0 Å². The van der Waals surface area contributed by atoms with Gasteiger partial charge in [0.25, 0.3) is 0 Å². The zero-order valence-electron chi connectivity index (χ0n) is 10.4. The number of hydrogen-bond donors (Lipinski definition) is 0. The molecule has 96 valence electrons. The summed E-state index contributed by atoms with van der Waals surface area (Å²) in [5.41, 5.74) is 2.09. The van der Waals surface area contributed by atoms with Crippen molar-refractivity contribution in [3.05, 3.63) is 53.6 Å². The van der Waals surface area contributed by atoms with Crippen molar-refractivity contribution in [2.24, 2.45) is 0 Å². The molecule has 0 aromatic heterocycles. The first-order chi connectivity index (χ1) is 9.11. The number of nitrogens with zero attached hydrogens (tertiary/aromatic N) is 1. The molecule has 0 radical (unpaired) electrons. The van der Waals surface area contributed by atoms with E-state index in [9.17, 15) is 4.79 Å². The van der Waals surface area contributed by atoms with Crippen LogP contribution in [0.25, 0.3) is 5.57 Å². The lowest BCUT2D eigenvalue weighted by molar-refractivity contribution is -0.142. The first kappa shape index (κ1) is 13.4. The number of nitriles is 1. The minimum atomic E-state index is -1.43. The van der Waals surface area contributed by atoms with E-state index in [2.05, 4.69) is 0 Å². The fraction of sp³-hybridized carbons (Fsp3) is 0.200. The number of carbonyl (C=O) groups is 1. The van der Waals surface area contributed by atoms with Crippen molar-refractivity contribution in [1.29, 1.82) is 5.26 Å². The molecule has 2 rings (SSSR count). The van der Waals surface area contributed by atoms with Crippen LogP contribution >= 0.6 is 11.6 Å². The molecule has 1 aromatic carbocycles. The van der Waals surface area contributed by atoms with Gasteiger partial charge >= 0.3 is 5.97 Å². The predicted octanol–water partition coefficient (Wildman–Crippen LogP) is 3.07. The number of methoxy groups -OCH3 is 1. The second kappa shape index (κ2) is 5.29. The Kier molecular flexibility index (Phi) is 3.73. The van der Waals surface area contributed by atoms with E-state index >= 15 is 0 Å². The van der Waals surface area contributed by atoms with Gasteiger partial charge in [-0.05, 0) is 17.2 Å². The highest BCUT2D eigenvalue weighted by Gasteiger charge is 2.44. The van der Waals surface area contributed by atoms with Gasteiger partial charge in [0.05, 0.1) is 18.8 Å². The SMILES string of the molecule is COC(=O)C1(Cl)CC(c2ccccc2)=CC=C1C#N. The van der Waals surface area contributed by atoms with Gasteiger partial charge in [0.1, 0.15) is 0 Å². The van der Waals surface area contributed by atoms with Crippen LogP contribution in [0.2, 0.25) is 0 Å². The Hall–Kier alpha value is -2.05. The van der Waals surface area contributed by atoms with Crippen molar-refractivity contribution in [1.82, 2.24) is 0 Å². The minimum absolute atomic E-state index is 0.209. The number of carbonyl (C=O) groups excluding carboxylic acids is 1. The van der Waals surface area contributed by atoms with Crippen molar-refractivity contribution in [3.63, 3.8) is 0 Å². The lowest BCUT2D eigenvalue weighted by atomic mass is 9.84. The topological polar surface area (TPSA) is 50.1 Å². The summed E-state index contributed by atoms with van der Waals surface area (Å²) >= 11 is 6.33. The van der Waals surface area contributed by atoms with E-state index in [1.807, 2.05) is 42.5 Å². The lowest BCUT2D eigenvalue weighted by Crippen LogP contribution is -2.37. The normalized spacial score (nSPS) is 21.9. The Balaban J connectivity index is 2.43. The van der Waals surface area contributed by atoms with E-state index in [1.165, 1.54) is 7.11 Å². The van der Waals surface area contributed by atoms with Crippen LogP contribution in [0.4, 0.5) is 0 Å². The van der Waals surface area contributed by atoms with E-state index < -0.39 is 10.8 Å². The third-order valence-electron chi connectivity index (χ3n) is 3.09. The molecule has 4 heteroatoms. The predicted molar refractivity (Wildman–Crippen MR) is 73.3 cm³/mol. The number of alkyl halides is 1. The molecule has 0 spiro atoms. The number of benzene rings is 1. The molecular weight excluding hydrogens is 262 g/mol. The van der Waals surface area contributed by atoms with Crippen molar-refractivity contribution < 1.29 is 9.53 Å². The van der Waals surface area contributed by atoms with Gasteiger partial charge in [-0.15, -0.1) is 11.6 Å². The van der Waals surface area contributed by atoms with Crippen LogP contribution in [0.5, 0.6) is 0 Å². The van der Waals surface area contributed by atoms with Crippen molar-refractivity contribution in [2.45, 2.75) is 11.3 Å². The molecule has 1 aliphatic carbocycles. The molecule has 0 heterocycles. The van der Waals surface area contributed by atoms with Gasteiger partial charge in [-0.3, -0.25) is 0 Å². The van der Waals surface area contributed by atoms with Crippen LogP contribution in [0.15, 0.2) is 48.1 Å². The Labute approximate surface area is 116 Å². The van der Waals surface area contributed by atoms with Crippen LogP contribution < -0.4 is 0 Å². The fourth-order valence-electron chi connectivity index (χ4n) is 2.05. The Morgan fingerprint density at radius 3 is 2.63 bits per heavy atom. The van der Waals surface area contributed by atoms with Gasteiger partial charge in [-0.25, -0.2) is 4.79 Å². The molecule has 1 aliphatic rings. The monoisotopic (exact) mass is 273 g/mol. The highest BCUT2D eigenvalue weighted by Crippen LogP contribution is 2.40. The number of hydrogen-bond acceptors (Lipinski definition) is 3. The van der Waals surface area contributed by atoms with Crippen molar-refractivity contribution in [3.8, 4) is 6.07 Å². The van der Waals surface area contributed by atoms with E-state index in [0.717, 1.165) is 11.1 Å². The van der Waals surface area contributed by atoms with Gasteiger partial charge in [0.15, 0.2) is 4.87 Å². The Morgan fingerprint density at radius 2 is 2.05 bits per heavy atom. The number of ether oxygens (including phenoxy) is 1. The van der Waals surface area contributed by atoms with E-state index in [4.69, 9.17) is 21.6 Å². The smallest absolute Gasteiger partial charge is 0.332 e. The maximum absolute atomic E-state index is 11.9. The summed E-state index contributed by atoms with van der Waals surface area (Å²) in [6.07, 6.45) is 3.64. The average molecular weight is 274 g/mol. The highest BCUT2D eigenvalue weighted by atomic mass is 35.5. The Morgan fingerprint density at radius 1 is 1.37 bits per heavy atom. The maximum Gasteiger partial charge on any atom is 0.332 e. The lowest BCUT2D eigenvalue weighted by Gasteiger charge is -2.27. The molecule has 1 aromatic rings. The quantitative estimate of drug-likeness (QED) is 0.615. The first-order valence-corrected chi connectivity index (χ1v) is 6.14. The van der Waals surface area contributed by atoms with Gasteiger partial charge in [0.2, 0.25) is 0 Å². The highest BCUT2D eigenvalue weighted by molar-refractivity contribution is 6.37. The molecular formula is C15H12ClNO2. The molecule has 0 saturated carbocycles. The van der Waals surface area contributed by atoms with E-state index in [1.54, 1.807) is 6.08 Å². The van der Waals surface area contributed by atoms with Gasteiger partial charge in [-0.2, -0.15) is 5.26 Å². The summed E-state index contributed by atoms with van der Waals surface area (Å²) in [5, 5.41) is 9.09. The third-order valence-corrected chi connectivity index (χ3v) is 3.58. The van der Waals surface area contributed by atoms with Crippen LogP contribution in [0.3, 0.4) is 0 Å². The van der Waals surface area contributed by atoms with Crippen LogP contribution in [-0.4, -0.2) is 18.0 Å². The minimum Gasteiger partial charge on any atom is -0.467 e. The number of rotatable bonds is 2. The molecule has 0 amide bonds.